The van der Waals surface area contributed by atoms with Gasteiger partial charge >= 0.3 is 11.9 Å². The molecule has 0 aliphatic carbocycles. The molecule has 1 rings (SSSR count). The van der Waals surface area contributed by atoms with Crippen molar-refractivity contribution in [2.24, 2.45) is 0 Å². The molecule has 1 amide bonds. The summed E-state index contributed by atoms with van der Waals surface area (Å²) in [6, 6.07) is 4.02. The first-order chi connectivity index (χ1) is 9.79. The van der Waals surface area contributed by atoms with Crippen LogP contribution in [0, 0.1) is 13.8 Å². The van der Waals surface area contributed by atoms with Crippen LogP contribution < -0.4 is 10.1 Å². The molecule has 0 bridgehead atoms. The third-order valence-electron chi connectivity index (χ3n) is 2.71. The van der Waals surface area contributed by atoms with Crippen molar-refractivity contribution >= 4 is 17.8 Å². The van der Waals surface area contributed by atoms with Crippen LogP contribution in [0.25, 0.3) is 0 Å². The zero-order chi connectivity index (χ0) is 16.0. The Morgan fingerprint density at radius 1 is 1.24 bits per heavy atom. The Balaban J connectivity index is 2.58. The molecule has 0 unspecified atom stereocenters. The number of rotatable bonds is 7. The number of nitrogens with one attached hydrogen (secondary N) is 1. The van der Waals surface area contributed by atoms with Crippen molar-refractivity contribution in [2.75, 3.05) is 6.61 Å². The van der Waals surface area contributed by atoms with Gasteiger partial charge in [-0.15, -0.1) is 0 Å². The summed E-state index contributed by atoms with van der Waals surface area (Å²) in [5, 5.41) is 19.5. The van der Waals surface area contributed by atoms with E-state index in [1.807, 2.05) is 26.0 Å². The number of aryl methyl sites for hydroxylation is 2. The highest BCUT2D eigenvalue weighted by molar-refractivity contribution is 5.87. The largest absolute Gasteiger partial charge is 0.483 e. The average Bonchev–Trinajstić information content (AvgIpc) is 2.38. The van der Waals surface area contributed by atoms with E-state index in [9.17, 15) is 14.4 Å². The van der Waals surface area contributed by atoms with Crippen LogP contribution in [0.2, 0.25) is 0 Å². The number of carboxylic acids is 2. The van der Waals surface area contributed by atoms with Crippen LogP contribution in [0.15, 0.2) is 18.2 Å². The lowest BCUT2D eigenvalue weighted by Crippen LogP contribution is -2.44. The zero-order valence-corrected chi connectivity index (χ0v) is 11.8. The summed E-state index contributed by atoms with van der Waals surface area (Å²) in [5.74, 6) is -2.88. The molecule has 0 heterocycles. The fraction of sp³-hybridized carbons (Fsp3) is 0.357. The number of hydrogen-bond acceptors (Lipinski definition) is 4. The monoisotopic (exact) mass is 295 g/mol. The molecule has 1 aromatic carbocycles. The molecule has 0 fully saturated rings. The van der Waals surface area contributed by atoms with Crippen LogP contribution in [0.5, 0.6) is 5.75 Å². The van der Waals surface area contributed by atoms with Crippen molar-refractivity contribution in [1.82, 2.24) is 5.32 Å². The van der Waals surface area contributed by atoms with Gasteiger partial charge in [0.25, 0.3) is 5.91 Å². The summed E-state index contributed by atoms with van der Waals surface area (Å²) in [7, 11) is 0. The molecule has 1 atom stereocenters. The second-order valence-electron chi connectivity index (χ2n) is 4.61. The summed E-state index contributed by atoms with van der Waals surface area (Å²) in [6.45, 7) is 3.31. The van der Waals surface area contributed by atoms with E-state index in [1.54, 1.807) is 6.07 Å². The number of carbonyl (C=O) groups is 3. The number of hydrogen-bond donors (Lipinski definition) is 3. The molecule has 7 heteroatoms. The Hall–Kier alpha value is -2.57. The minimum atomic E-state index is -1.47. The lowest BCUT2D eigenvalue weighted by Gasteiger charge is -2.14. The van der Waals surface area contributed by atoms with Gasteiger partial charge in [-0.3, -0.25) is 9.59 Å². The average molecular weight is 295 g/mol. The minimum Gasteiger partial charge on any atom is -0.483 e. The van der Waals surface area contributed by atoms with Gasteiger partial charge in [0.05, 0.1) is 6.42 Å². The van der Waals surface area contributed by atoms with Crippen molar-refractivity contribution in [2.45, 2.75) is 26.3 Å². The fourth-order valence-corrected chi connectivity index (χ4v) is 1.62. The van der Waals surface area contributed by atoms with Crippen molar-refractivity contribution < 1.29 is 29.3 Å². The van der Waals surface area contributed by atoms with Gasteiger partial charge in [-0.25, -0.2) is 4.79 Å². The molecule has 0 saturated carbocycles. The topological polar surface area (TPSA) is 113 Å². The number of amides is 1. The van der Waals surface area contributed by atoms with E-state index >= 15 is 0 Å². The lowest BCUT2D eigenvalue weighted by molar-refractivity contribution is -0.147. The Kier molecular flexibility index (Phi) is 5.71. The first-order valence-electron chi connectivity index (χ1n) is 6.23. The van der Waals surface area contributed by atoms with Crippen molar-refractivity contribution in [3.8, 4) is 5.75 Å². The molecule has 0 radical (unpaired) electrons. The van der Waals surface area contributed by atoms with Gasteiger partial charge in [0.1, 0.15) is 11.8 Å². The van der Waals surface area contributed by atoms with Gasteiger partial charge in [-0.05, 0) is 31.0 Å². The van der Waals surface area contributed by atoms with Crippen LogP contribution in [0.4, 0.5) is 0 Å². The first kappa shape index (κ1) is 16.5. The van der Waals surface area contributed by atoms with Gasteiger partial charge < -0.3 is 20.3 Å². The maximum Gasteiger partial charge on any atom is 0.326 e. The predicted molar refractivity (Wildman–Crippen MR) is 73.2 cm³/mol. The highest BCUT2D eigenvalue weighted by atomic mass is 16.5. The summed E-state index contributed by atoms with van der Waals surface area (Å²) >= 11 is 0. The number of benzene rings is 1. The summed E-state index contributed by atoms with van der Waals surface area (Å²) < 4.78 is 5.31. The number of ether oxygens (including phenoxy) is 1. The van der Waals surface area contributed by atoms with Gasteiger partial charge in [0.2, 0.25) is 0 Å². The second-order valence-corrected chi connectivity index (χ2v) is 4.61. The van der Waals surface area contributed by atoms with E-state index < -0.39 is 30.3 Å². The number of aliphatic carboxylic acids is 2. The fourth-order valence-electron chi connectivity index (χ4n) is 1.62. The maximum absolute atomic E-state index is 11.6. The van der Waals surface area contributed by atoms with Gasteiger partial charge in [-0.1, -0.05) is 12.1 Å². The quantitative estimate of drug-likeness (QED) is 0.683. The van der Waals surface area contributed by atoms with E-state index in [0.29, 0.717) is 5.75 Å². The van der Waals surface area contributed by atoms with Gasteiger partial charge in [0, 0.05) is 0 Å². The number of carboxylic acid groups (broad SMARTS) is 2. The number of carbonyl (C=O) groups excluding carboxylic acids is 1. The molecular weight excluding hydrogens is 278 g/mol. The molecule has 0 spiro atoms. The van der Waals surface area contributed by atoms with Crippen molar-refractivity contribution in [3.05, 3.63) is 29.3 Å². The Morgan fingerprint density at radius 2 is 1.90 bits per heavy atom. The van der Waals surface area contributed by atoms with Gasteiger partial charge in [-0.2, -0.15) is 0 Å². The molecular formula is C14H17NO6. The maximum atomic E-state index is 11.6. The highest BCUT2D eigenvalue weighted by Crippen LogP contribution is 2.18. The van der Waals surface area contributed by atoms with E-state index in [1.165, 1.54) is 0 Å². The Bertz CT molecular complexity index is 554. The van der Waals surface area contributed by atoms with Crippen LogP contribution in [-0.4, -0.2) is 40.7 Å². The third kappa shape index (κ3) is 5.52. The van der Waals surface area contributed by atoms with Crippen molar-refractivity contribution in [1.29, 1.82) is 0 Å². The molecule has 0 saturated heterocycles. The van der Waals surface area contributed by atoms with E-state index in [0.717, 1.165) is 11.1 Å². The Morgan fingerprint density at radius 3 is 2.48 bits per heavy atom. The van der Waals surface area contributed by atoms with Gasteiger partial charge in [0.15, 0.2) is 6.61 Å². The van der Waals surface area contributed by atoms with E-state index in [2.05, 4.69) is 5.32 Å². The van der Waals surface area contributed by atoms with Crippen LogP contribution in [0.1, 0.15) is 17.5 Å². The standard InChI is InChI=1S/C14H17NO6/c1-8-3-4-9(2)11(5-8)21-7-12(16)15-10(14(19)20)6-13(17)18/h3-5,10H,6-7H2,1-2H3,(H,15,16)(H,17,18)(H,19,20)/t10-/m0/s1. The molecule has 1 aromatic rings. The lowest BCUT2D eigenvalue weighted by atomic mass is 10.1. The van der Waals surface area contributed by atoms with Crippen molar-refractivity contribution in [3.63, 3.8) is 0 Å². The molecule has 7 nitrogen and oxygen atoms in total. The molecule has 114 valence electrons. The summed E-state index contributed by atoms with van der Waals surface area (Å²) in [5.41, 5.74) is 1.80. The predicted octanol–water partition coefficient (Wildman–Crippen LogP) is 0.726. The minimum absolute atomic E-state index is 0.381. The zero-order valence-electron chi connectivity index (χ0n) is 11.8. The Labute approximate surface area is 121 Å². The normalized spacial score (nSPS) is 11.5. The van der Waals surface area contributed by atoms with Crippen LogP contribution >= 0.6 is 0 Å². The van der Waals surface area contributed by atoms with E-state index in [-0.39, 0.29) is 6.61 Å². The SMILES string of the molecule is Cc1ccc(C)c(OCC(=O)N[C@@H](CC(=O)O)C(=O)O)c1. The van der Waals surface area contributed by atoms with E-state index in [4.69, 9.17) is 14.9 Å². The molecule has 21 heavy (non-hydrogen) atoms. The summed E-state index contributed by atoms with van der Waals surface area (Å²) in [6.07, 6.45) is -0.690. The molecule has 3 N–H and O–H groups in total. The molecule has 0 aromatic heterocycles. The molecule has 0 aliphatic heterocycles. The third-order valence-corrected chi connectivity index (χ3v) is 2.71. The van der Waals surface area contributed by atoms with Crippen LogP contribution in [0.3, 0.4) is 0 Å². The smallest absolute Gasteiger partial charge is 0.326 e. The summed E-state index contributed by atoms with van der Waals surface area (Å²) in [4.78, 5) is 33.0. The highest BCUT2D eigenvalue weighted by Gasteiger charge is 2.23. The second kappa shape index (κ2) is 7.28. The molecule has 0 aliphatic rings. The van der Waals surface area contributed by atoms with Crippen LogP contribution in [-0.2, 0) is 14.4 Å². The first-order valence-corrected chi connectivity index (χ1v) is 6.23.